The molecule has 0 aliphatic carbocycles. The fourth-order valence-electron chi connectivity index (χ4n) is 2.91. The monoisotopic (exact) mass is 347 g/mol. The number of aliphatic hydroxyl groups excluding tert-OH is 2. The average molecular weight is 347 g/mol. The van der Waals surface area contributed by atoms with Gasteiger partial charge in [0.1, 0.15) is 36.1 Å². The zero-order valence-electron chi connectivity index (χ0n) is 13.8. The second kappa shape index (κ2) is 8.29. The van der Waals surface area contributed by atoms with Crippen molar-refractivity contribution in [1.82, 2.24) is 4.90 Å². The van der Waals surface area contributed by atoms with E-state index in [-0.39, 0.29) is 25.1 Å². The Morgan fingerprint density at radius 2 is 1.88 bits per heavy atom. The largest absolute Gasteiger partial charge is 0.491 e. The van der Waals surface area contributed by atoms with Crippen molar-refractivity contribution >= 4 is 0 Å². The van der Waals surface area contributed by atoms with E-state index < -0.39 is 6.10 Å². The quantitative estimate of drug-likeness (QED) is 0.800. The maximum absolute atomic E-state index is 13.2. The van der Waals surface area contributed by atoms with Gasteiger partial charge in [-0.15, -0.1) is 0 Å². The summed E-state index contributed by atoms with van der Waals surface area (Å²) in [7, 11) is 0. The van der Waals surface area contributed by atoms with Crippen LogP contribution in [0, 0.1) is 5.82 Å². The third kappa shape index (κ3) is 4.92. The molecule has 5 nitrogen and oxygen atoms in total. The van der Waals surface area contributed by atoms with Crippen molar-refractivity contribution < 1.29 is 24.1 Å². The Hall–Kier alpha value is -2.15. The molecule has 1 fully saturated rings. The van der Waals surface area contributed by atoms with Crippen LogP contribution in [0.15, 0.2) is 48.5 Å². The number of rotatable bonds is 7. The molecular formula is C19H22FNO4. The minimum absolute atomic E-state index is 0.0138. The van der Waals surface area contributed by atoms with Gasteiger partial charge in [-0.3, -0.25) is 4.90 Å². The number of halogens is 1. The lowest BCUT2D eigenvalue weighted by Gasteiger charge is -2.17. The van der Waals surface area contributed by atoms with Crippen molar-refractivity contribution in [2.24, 2.45) is 0 Å². The number of hydrogen-bond acceptors (Lipinski definition) is 5. The van der Waals surface area contributed by atoms with Gasteiger partial charge >= 0.3 is 0 Å². The fraction of sp³-hybridized carbons (Fsp3) is 0.368. The van der Waals surface area contributed by atoms with Crippen molar-refractivity contribution in [2.75, 3.05) is 26.3 Å². The molecule has 1 heterocycles. The Bertz CT molecular complexity index is 679. The molecule has 134 valence electrons. The van der Waals surface area contributed by atoms with Gasteiger partial charge in [0, 0.05) is 25.7 Å². The van der Waals surface area contributed by atoms with Crippen LogP contribution in [0.25, 0.3) is 0 Å². The maximum Gasteiger partial charge on any atom is 0.138 e. The Labute approximate surface area is 146 Å². The minimum Gasteiger partial charge on any atom is -0.491 e. The zero-order valence-corrected chi connectivity index (χ0v) is 13.8. The van der Waals surface area contributed by atoms with Gasteiger partial charge in [0.25, 0.3) is 0 Å². The second-order valence-electron chi connectivity index (χ2n) is 6.09. The minimum atomic E-state index is -0.615. The van der Waals surface area contributed by atoms with Crippen LogP contribution in [-0.2, 0) is 6.54 Å². The normalized spacial score (nSPS) is 20.6. The van der Waals surface area contributed by atoms with Crippen LogP contribution in [0.1, 0.15) is 5.56 Å². The molecule has 0 aromatic heterocycles. The molecule has 0 saturated carbocycles. The van der Waals surface area contributed by atoms with Crippen molar-refractivity contribution in [2.45, 2.75) is 18.8 Å². The number of ether oxygens (including phenoxy) is 2. The fourth-order valence-corrected chi connectivity index (χ4v) is 2.91. The van der Waals surface area contributed by atoms with Gasteiger partial charge < -0.3 is 19.7 Å². The number of aliphatic hydroxyl groups is 2. The molecule has 1 aliphatic rings. The van der Waals surface area contributed by atoms with Crippen LogP contribution in [0.4, 0.5) is 4.39 Å². The number of nitrogens with zero attached hydrogens (tertiary/aromatic N) is 1. The first kappa shape index (κ1) is 17.7. The van der Waals surface area contributed by atoms with Gasteiger partial charge in [0.15, 0.2) is 0 Å². The molecule has 1 aliphatic heterocycles. The van der Waals surface area contributed by atoms with Gasteiger partial charge in [-0.05, 0) is 29.8 Å². The van der Waals surface area contributed by atoms with E-state index in [0.717, 1.165) is 5.56 Å². The Morgan fingerprint density at radius 1 is 1.08 bits per heavy atom. The SMILES string of the molecule is OCCOc1ccc(CN2CC(O)C(Oc3cccc(F)c3)C2)cc1. The molecule has 0 amide bonds. The summed E-state index contributed by atoms with van der Waals surface area (Å²) in [5, 5.41) is 19.0. The highest BCUT2D eigenvalue weighted by Gasteiger charge is 2.33. The molecular weight excluding hydrogens is 325 g/mol. The van der Waals surface area contributed by atoms with E-state index in [2.05, 4.69) is 4.90 Å². The highest BCUT2D eigenvalue weighted by atomic mass is 19.1. The zero-order chi connectivity index (χ0) is 17.6. The first-order chi connectivity index (χ1) is 12.1. The predicted octanol–water partition coefficient (Wildman–Crippen LogP) is 1.82. The van der Waals surface area contributed by atoms with Crippen LogP contribution in [0.2, 0.25) is 0 Å². The van der Waals surface area contributed by atoms with Crippen molar-refractivity contribution in [1.29, 1.82) is 0 Å². The smallest absolute Gasteiger partial charge is 0.138 e. The number of likely N-dealkylation sites (tertiary alicyclic amines) is 1. The summed E-state index contributed by atoms with van der Waals surface area (Å²) >= 11 is 0. The summed E-state index contributed by atoms with van der Waals surface area (Å²) in [5.41, 5.74) is 1.09. The Kier molecular flexibility index (Phi) is 5.86. The van der Waals surface area contributed by atoms with Gasteiger partial charge in [0.2, 0.25) is 0 Å². The molecule has 2 atom stereocenters. The first-order valence-corrected chi connectivity index (χ1v) is 8.29. The van der Waals surface area contributed by atoms with Crippen molar-refractivity contribution in [3.63, 3.8) is 0 Å². The van der Waals surface area contributed by atoms with Crippen LogP contribution in [0.3, 0.4) is 0 Å². The summed E-state index contributed by atoms with van der Waals surface area (Å²) in [4.78, 5) is 2.10. The maximum atomic E-state index is 13.2. The summed E-state index contributed by atoms with van der Waals surface area (Å²) < 4.78 is 24.3. The standard InChI is InChI=1S/C19H22FNO4/c20-15-2-1-3-17(10-15)25-19-13-21(12-18(19)23)11-14-4-6-16(7-5-14)24-9-8-22/h1-7,10,18-19,22-23H,8-9,11-13H2. The van der Waals surface area contributed by atoms with Gasteiger partial charge in [-0.1, -0.05) is 18.2 Å². The van der Waals surface area contributed by atoms with E-state index in [0.29, 0.717) is 31.1 Å². The third-order valence-electron chi connectivity index (χ3n) is 4.09. The lowest BCUT2D eigenvalue weighted by Crippen LogP contribution is -2.29. The molecule has 25 heavy (non-hydrogen) atoms. The van der Waals surface area contributed by atoms with Crippen LogP contribution in [0.5, 0.6) is 11.5 Å². The molecule has 0 bridgehead atoms. The predicted molar refractivity (Wildman–Crippen MR) is 91.1 cm³/mol. The number of β-amino-alcohol motifs (C(OH)–C–C–N with tert-alkyl or cyclic N) is 1. The third-order valence-corrected chi connectivity index (χ3v) is 4.09. The molecule has 1 saturated heterocycles. The molecule has 0 spiro atoms. The molecule has 3 rings (SSSR count). The summed E-state index contributed by atoms with van der Waals surface area (Å²) in [6, 6.07) is 13.6. The van der Waals surface area contributed by atoms with Crippen LogP contribution >= 0.6 is 0 Å². The van der Waals surface area contributed by atoms with Gasteiger partial charge in [-0.2, -0.15) is 0 Å². The summed E-state index contributed by atoms with van der Waals surface area (Å²) in [6.45, 7) is 2.01. The molecule has 2 aromatic rings. The Morgan fingerprint density at radius 3 is 2.60 bits per heavy atom. The highest BCUT2D eigenvalue weighted by molar-refractivity contribution is 5.27. The molecule has 2 unspecified atom stereocenters. The van der Waals surface area contributed by atoms with Crippen LogP contribution in [-0.4, -0.2) is 53.6 Å². The van der Waals surface area contributed by atoms with Gasteiger partial charge in [0.05, 0.1) is 6.61 Å². The average Bonchev–Trinajstić information content (AvgIpc) is 2.93. The van der Waals surface area contributed by atoms with E-state index in [9.17, 15) is 9.50 Å². The number of benzene rings is 2. The van der Waals surface area contributed by atoms with E-state index in [1.54, 1.807) is 12.1 Å². The summed E-state index contributed by atoms with van der Waals surface area (Å²) in [6.07, 6.45) is -0.996. The molecule has 2 aromatic carbocycles. The number of hydrogen-bond donors (Lipinski definition) is 2. The second-order valence-corrected chi connectivity index (χ2v) is 6.09. The Balaban J connectivity index is 1.54. The van der Waals surface area contributed by atoms with Gasteiger partial charge in [-0.25, -0.2) is 4.39 Å². The summed E-state index contributed by atoms with van der Waals surface area (Å²) in [5.74, 6) is 0.785. The van der Waals surface area contributed by atoms with E-state index in [1.807, 2.05) is 24.3 Å². The van der Waals surface area contributed by atoms with Crippen molar-refractivity contribution in [3.05, 3.63) is 59.9 Å². The highest BCUT2D eigenvalue weighted by Crippen LogP contribution is 2.22. The van der Waals surface area contributed by atoms with E-state index >= 15 is 0 Å². The molecule has 6 heteroatoms. The lowest BCUT2D eigenvalue weighted by molar-refractivity contribution is 0.0734. The van der Waals surface area contributed by atoms with Crippen LogP contribution < -0.4 is 9.47 Å². The van der Waals surface area contributed by atoms with Crippen molar-refractivity contribution in [3.8, 4) is 11.5 Å². The molecule has 0 radical (unpaired) electrons. The molecule has 2 N–H and O–H groups in total. The topological polar surface area (TPSA) is 62.2 Å². The van der Waals surface area contributed by atoms with E-state index in [4.69, 9.17) is 14.6 Å². The van der Waals surface area contributed by atoms with E-state index in [1.165, 1.54) is 12.1 Å². The first-order valence-electron chi connectivity index (χ1n) is 8.29. The lowest BCUT2D eigenvalue weighted by atomic mass is 10.2.